The Labute approximate surface area is 151 Å². The highest BCUT2D eigenvalue weighted by Crippen LogP contribution is 2.23. The molecule has 0 unspecified atom stereocenters. The quantitative estimate of drug-likeness (QED) is 0.582. The second-order valence-electron chi connectivity index (χ2n) is 5.94. The van der Waals surface area contributed by atoms with Gasteiger partial charge in [-0.1, -0.05) is 6.07 Å². The molecule has 8 heteroatoms. The van der Waals surface area contributed by atoms with Gasteiger partial charge in [-0.3, -0.25) is 9.98 Å². The second kappa shape index (κ2) is 8.28. The summed E-state index contributed by atoms with van der Waals surface area (Å²) in [5, 5.41) is 6.28. The minimum absolute atomic E-state index is 0.315. The smallest absolute Gasteiger partial charge is 0.232 e. The third-order valence-electron chi connectivity index (χ3n) is 3.85. The number of rotatable bonds is 7. The van der Waals surface area contributed by atoms with Crippen LogP contribution < -0.4 is 10.6 Å². The number of allylic oxidation sites excluding steroid dienone is 3. The monoisotopic (exact) mass is 353 g/mol. The number of pyridine rings is 1. The average Bonchev–Trinajstić information content (AvgIpc) is 2.59. The van der Waals surface area contributed by atoms with Crippen LogP contribution >= 0.6 is 0 Å². The number of anilines is 2. The summed E-state index contributed by atoms with van der Waals surface area (Å²) in [4.78, 5) is 20.9. The van der Waals surface area contributed by atoms with Crippen molar-refractivity contribution in [2.24, 2.45) is 4.99 Å². The Kier molecular flexibility index (Phi) is 5.62. The van der Waals surface area contributed by atoms with Gasteiger partial charge in [-0.25, -0.2) is 4.39 Å². The Morgan fingerprint density at radius 1 is 1.27 bits per heavy atom. The Bertz CT molecular complexity index is 829. The zero-order valence-electron chi connectivity index (χ0n) is 14.5. The number of halogens is 1. The molecule has 0 aliphatic heterocycles. The van der Waals surface area contributed by atoms with Gasteiger partial charge in [-0.2, -0.15) is 15.0 Å². The number of nitrogens with zero attached hydrogens (tertiary/aromatic N) is 5. The summed E-state index contributed by atoms with van der Waals surface area (Å²) in [5.41, 5.74) is 1.16. The van der Waals surface area contributed by atoms with Crippen molar-refractivity contribution in [3.8, 4) is 11.5 Å². The molecule has 1 aliphatic rings. The lowest BCUT2D eigenvalue weighted by Gasteiger charge is -2.26. The molecule has 2 aromatic heterocycles. The molecular weight excluding hydrogens is 333 g/mol. The summed E-state index contributed by atoms with van der Waals surface area (Å²) in [6, 6.07) is 5.89. The van der Waals surface area contributed by atoms with E-state index in [0.29, 0.717) is 35.2 Å². The van der Waals surface area contributed by atoms with Crippen LogP contribution in [0.2, 0.25) is 0 Å². The van der Waals surface area contributed by atoms with Crippen molar-refractivity contribution in [2.75, 3.05) is 10.6 Å². The van der Waals surface area contributed by atoms with E-state index in [1.807, 2.05) is 18.2 Å². The average molecular weight is 353 g/mol. The van der Waals surface area contributed by atoms with Gasteiger partial charge in [0.15, 0.2) is 5.82 Å². The summed E-state index contributed by atoms with van der Waals surface area (Å²) < 4.78 is 13.5. The van der Waals surface area contributed by atoms with Gasteiger partial charge in [0.05, 0.1) is 6.20 Å². The fourth-order valence-electron chi connectivity index (χ4n) is 2.38. The van der Waals surface area contributed by atoms with Gasteiger partial charge in [-0.05, 0) is 51.1 Å². The lowest BCUT2D eigenvalue weighted by molar-refractivity contribution is 0.443. The van der Waals surface area contributed by atoms with E-state index in [9.17, 15) is 4.39 Å². The van der Waals surface area contributed by atoms with E-state index in [0.717, 1.165) is 19.0 Å². The first kappa shape index (κ1) is 17.7. The van der Waals surface area contributed by atoms with Crippen LogP contribution in [0.3, 0.4) is 0 Å². The van der Waals surface area contributed by atoms with Crippen LogP contribution in [0.15, 0.2) is 53.2 Å². The molecule has 0 bridgehead atoms. The molecule has 7 nitrogen and oxygen atoms in total. The van der Waals surface area contributed by atoms with Crippen LogP contribution in [0.4, 0.5) is 16.3 Å². The summed E-state index contributed by atoms with van der Waals surface area (Å²) in [5.74, 6) is 0.721. The Morgan fingerprint density at radius 3 is 2.73 bits per heavy atom. The number of aromatic nitrogens is 4. The zero-order chi connectivity index (χ0) is 18.4. The predicted molar refractivity (Wildman–Crippen MR) is 100 cm³/mol. The van der Waals surface area contributed by atoms with Crippen molar-refractivity contribution in [1.82, 2.24) is 19.9 Å². The first-order valence-corrected chi connectivity index (χ1v) is 8.35. The van der Waals surface area contributed by atoms with E-state index < -0.39 is 5.83 Å². The third kappa shape index (κ3) is 4.69. The molecular formula is C18H20FN7. The Balaban J connectivity index is 1.89. The first-order chi connectivity index (χ1) is 12.6. The predicted octanol–water partition coefficient (Wildman–Crippen LogP) is 3.73. The van der Waals surface area contributed by atoms with E-state index in [2.05, 4.69) is 42.3 Å². The van der Waals surface area contributed by atoms with Crippen LogP contribution in [0.1, 0.15) is 26.2 Å². The van der Waals surface area contributed by atoms with Gasteiger partial charge >= 0.3 is 0 Å². The van der Waals surface area contributed by atoms with Crippen LogP contribution in [-0.2, 0) is 0 Å². The molecule has 0 aromatic carbocycles. The van der Waals surface area contributed by atoms with Crippen molar-refractivity contribution in [3.05, 3.63) is 48.2 Å². The number of hydrogen-bond acceptors (Lipinski definition) is 7. The number of hydrogen-bond donors (Lipinski definition) is 2. The highest BCUT2D eigenvalue weighted by molar-refractivity contribution is 5.54. The van der Waals surface area contributed by atoms with Gasteiger partial charge in [0.1, 0.15) is 11.5 Å². The van der Waals surface area contributed by atoms with Gasteiger partial charge in [-0.15, -0.1) is 0 Å². The summed E-state index contributed by atoms with van der Waals surface area (Å²) in [6.45, 7) is 4.93. The van der Waals surface area contributed by atoms with E-state index in [1.54, 1.807) is 13.1 Å². The van der Waals surface area contributed by atoms with Crippen molar-refractivity contribution >= 4 is 18.6 Å². The van der Waals surface area contributed by atoms with Crippen LogP contribution in [-0.4, -0.2) is 32.7 Å². The number of nitrogens with one attached hydrogen (secondary N) is 2. The summed E-state index contributed by atoms with van der Waals surface area (Å²) in [6.07, 6.45) is 7.39. The van der Waals surface area contributed by atoms with E-state index in [1.165, 1.54) is 12.5 Å². The standard InChI is InChI=1S/C18H20FN7/c1-12(10-13(19)11-20-2)22-17-24-16(15-8-3-4-9-21-15)25-18(26-17)23-14-6-5-7-14/h3-4,8-11,14H,2,5-7H2,1H3,(H2,22,23,24,25,26)/b12-10+,13-11+. The van der Waals surface area contributed by atoms with E-state index in [-0.39, 0.29) is 0 Å². The highest BCUT2D eigenvalue weighted by Gasteiger charge is 2.19. The van der Waals surface area contributed by atoms with Crippen molar-refractivity contribution < 1.29 is 4.39 Å². The molecule has 1 saturated carbocycles. The molecule has 134 valence electrons. The normalized spacial score (nSPS) is 15.3. The Morgan fingerprint density at radius 2 is 2.08 bits per heavy atom. The zero-order valence-corrected chi connectivity index (χ0v) is 14.5. The minimum Gasteiger partial charge on any atom is -0.351 e. The molecule has 1 fully saturated rings. The van der Waals surface area contributed by atoms with E-state index in [4.69, 9.17) is 0 Å². The summed E-state index contributed by atoms with van der Waals surface area (Å²) >= 11 is 0. The SMILES string of the molecule is C=N/C=C(F)\C=C(/C)Nc1nc(NC2CCC2)nc(-c2ccccn2)n1. The molecule has 0 radical (unpaired) electrons. The fraction of sp³-hybridized carbons (Fsp3) is 0.278. The van der Waals surface area contributed by atoms with Gasteiger partial charge in [0.25, 0.3) is 0 Å². The van der Waals surface area contributed by atoms with E-state index >= 15 is 0 Å². The lowest BCUT2D eigenvalue weighted by Crippen LogP contribution is -2.28. The number of aliphatic imine (C=N–C) groups is 1. The lowest BCUT2D eigenvalue weighted by atomic mass is 9.93. The Hall–Kier alpha value is -3.16. The van der Waals surface area contributed by atoms with Crippen molar-refractivity contribution in [1.29, 1.82) is 0 Å². The van der Waals surface area contributed by atoms with Crippen LogP contribution in [0, 0.1) is 0 Å². The maximum Gasteiger partial charge on any atom is 0.232 e. The highest BCUT2D eigenvalue weighted by atomic mass is 19.1. The van der Waals surface area contributed by atoms with Gasteiger partial charge < -0.3 is 10.6 Å². The fourth-order valence-corrected chi connectivity index (χ4v) is 2.38. The second-order valence-corrected chi connectivity index (χ2v) is 5.94. The maximum absolute atomic E-state index is 13.5. The topological polar surface area (TPSA) is 88.0 Å². The molecule has 0 spiro atoms. The molecule has 2 N–H and O–H groups in total. The molecule has 1 aliphatic carbocycles. The van der Waals surface area contributed by atoms with Gasteiger partial charge in [0, 0.05) is 17.9 Å². The maximum atomic E-state index is 13.5. The molecule has 3 rings (SSSR count). The largest absolute Gasteiger partial charge is 0.351 e. The minimum atomic E-state index is -0.517. The van der Waals surface area contributed by atoms with Gasteiger partial charge in [0.2, 0.25) is 11.9 Å². The van der Waals surface area contributed by atoms with Crippen molar-refractivity contribution in [2.45, 2.75) is 32.2 Å². The van der Waals surface area contributed by atoms with Crippen molar-refractivity contribution in [3.63, 3.8) is 0 Å². The molecule has 2 heterocycles. The molecule has 0 amide bonds. The molecule has 0 saturated heterocycles. The van der Waals surface area contributed by atoms with Crippen LogP contribution in [0.5, 0.6) is 0 Å². The summed E-state index contributed by atoms with van der Waals surface area (Å²) in [7, 11) is 0. The van der Waals surface area contributed by atoms with Crippen LogP contribution in [0.25, 0.3) is 11.5 Å². The molecule has 2 aromatic rings. The molecule has 26 heavy (non-hydrogen) atoms. The third-order valence-corrected chi connectivity index (χ3v) is 3.85. The first-order valence-electron chi connectivity index (χ1n) is 8.35. The molecule has 0 atom stereocenters.